The zero-order valence-electron chi connectivity index (χ0n) is 78.0. The number of halogens is 11. The van der Waals surface area contributed by atoms with Crippen LogP contribution in [-0.2, 0) is 30.4 Å². The molecule has 150 heavy (non-hydrogen) atoms. The zero-order chi connectivity index (χ0) is 106. The second-order valence-electron chi connectivity index (χ2n) is 33.4. The number of nitrogens with zero attached hydrogens (tertiary/aromatic N) is 2. The molecular weight excluding hydrogens is 2130 g/mol. The standard InChI is InChI=1S/C32H20N2.C17H13BF3NO5S.C17H11BrF3NO3S.C17H12F3NO3S.C16H13NO.C10H7BrO.C6H7N/c1-3-11-23(12-4-1)33-25-15-7-9-21-18-20-28-32(29(21)25)31-27(33)19-17-22-10-8-16-26(30(22)31)34(28)24-13-5-2-6-14-24;19-17(20,21)28(25,26)27-14-10-9-11-5-4-8-13(15(11)16(14)18(23)24)22-12-6-2-1-3-7-12;18-16-14(25-26(23,24)17(19,20)21)10-9-11-5-4-8-13(15(11)16)22-12-6-2-1-3-7-12;18-17(19,20)25(22,23)24-14-10-9-12-5-4-8-16(15(12)11-14)21-13-6-2-1-3-7-13;18-14-10-9-12-5-4-8-16(15(12)11-14)17-13-6-2-1-3-7-13;11-10-3-1-2-7-4-5-8(12)6-9(7)10;7-6-4-2-1-3-5-6/h1-20H;1-10,22-24H;1-10,22H;1-11,21H;1-11,17-18H;1-6,12H;1-5H,7H2. The summed E-state index contributed by atoms with van der Waals surface area (Å²) in [5.74, 6) is -1.11. The van der Waals surface area contributed by atoms with E-state index in [0.29, 0.717) is 50.0 Å². The fraction of sp³-hybridized carbons (Fsp3) is 0.0261. The highest BCUT2D eigenvalue weighted by Crippen LogP contribution is 2.51. The lowest BCUT2D eigenvalue weighted by Gasteiger charge is -2.28. The summed E-state index contributed by atoms with van der Waals surface area (Å²) in [6.45, 7) is 0. The van der Waals surface area contributed by atoms with E-state index in [2.05, 4.69) is 196 Å². The van der Waals surface area contributed by atoms with Crippen LogP contribution in [0.15, 0.2) is 452 Å². The summed E-state index contributed by atoms with van der Waals surface area (Å²) in [6.07, 6.45) is 0. The van der Waals surface area contributed by atoms with E-state index in [1.54, 1.807) is 109 Å². The second-order valence-corrected chi connectivity index (χ2v) is 39.7. The number of rotatable bonds is 17. The lowest BCUT2D eigenvalue weighted by molar-refractivity contribution is -0.0504. The van der Waals surface area contributed by atoms with Crippen LogP contribution in [0.5, 0.6) is 28.7 Å². The summed E-state index contributed by atoms with van der Waals surface area (Å²) in [5, 5.41) is 63.5. The zero-order valence-corrected chi connectivity index (χ0v) is 83.7. The molecule has 0 spiro atoms. The number of nitrogens with one attached hydrogen (secondary N) is 4. The van der Waals surface area contributed by atoms with Crippen molar-refractivity contribution in [3.05, 3.63) is 452 Å². The molecule has 0 radical (unpaired) electrons. The maximum absolute atomic E-state index is 12.7. The Balaban J connectivity index is 0.000000123. The number of pyridine rings is 2. The minimum Gasteiger partial charge on any atom is -0.508 e. The van der Waals surface area contributed by atoms with Crippen LogP contribution in [0.1, 0.15) is 0 Å². The predicted octanol–water partition coefficient (Wildman–Crippen LogP) is 30.2. The molecule has 0 amide bonds. The number of phenols is 2. The highest BCUT2D eigenvalue weighted by molar-refractivity contribution is 9.11. The quantitative estimate of drug-likeness (QED) is 0.00778. The van der Waals surface area contributed by atoms with Crippen molar-refractivity contribution in [1.29, 1.82) is 0 Å². The van der Waals surface area contributed by atoms with Gasteiger partial charge in [0.05, 0.1) is 26.5 Å². The molecule has 0 bridgehead atoms. The molecule has 35 heteroatoms. The number of phenolic OH excluding ortho intramolecular Hbond substituents is 2. The molecule has 21 aromatic carbocycles. The number of fused-ring (bicyclic) bond motifs is 5. The van der Waals surface area contributed by atoms with Crippen LogP contribution in [0.3, 0.4) is 0 Å². The van der Waals surface area contributed by atoms with E-state index >= 15 is 0 Å². The summed E-state index contributed by atoms with van der Waals surface area (Å²) >= 11 is 6.59. The average Bonchev–Trinajstić information content (AvgIpc) is 0.684. The van der Waals surface area contributed by atoms with Gasteiger partial charge in [-0.15, -0.1) is 0 Å². The molecule has 10 N–H and O–H groups in total. The van der Waals surface area contributed by atoms with E-state index in [4.69, 9.17) is 5.73 Å². The molecule has 20 nitrogen and oxygen atoms in total. The normalized spacial score (nSPS) is 11.6. The van der Waals surface area contributed by atoms with Crippen LogP contribution in [0, 0.1) is 0 Å². The number of alkyl halides is 9. The van der Waals surface area contributed by atoms with Crippen molar-refractivity contribution in [2.45, 2.75) is 16.5 Å². The lowest BCUT2D eigenvalue weighted by atomic mass is 9.76. The summed E-state index contributed by atoms with van der Waals surface area (Å²) in [5.41, 5.74) is 4.72. The van der Waals surface area contributed by atoms with Crippen LogP contribution in [0.2, 0.25) is 0 Å². The number of hydrogen-bond donors (Lipinski definition) is 9. The van der Waals surface area contributed by atoms with Crippen LogP contribution in [0.25, 0.3) is 120 Å². The van der Waals surface area contributed by atoms with Crippen LogP contribution < -0.4 is 45.0 Å². The van der Waals surface area contributed by atoms with Gasteiger partial charge in [0.1, 0.15) is 23.0 Å². The van der Waals surface area contributed by atoms with E-state index in [0.717, 1.165) is 65.9 Å². The first-order chi connectivity index (χ1) is 71.9. The number of hydrogen-bond acceptors (Lipinski definition) is 18. The highest BCUT2D eigenvalue weighted by atomic mass is 79.9. The fourth-order valence-electron chi connectivity index (χ4n) is 16.9. The van der Waals surface area contributed by atoms with Crippen LogP contribution in [0.4, 0.5) is 90.7 Å². The summed E-state index contributed by atoms with van der Waals surface area (Å²) in [7, 11) is -19.8. The molecule has 2 aliphatic rings. The highest BCUT2D eigenvalue weighted by Gasteiger charge is 2.51. The minimum atomic E-state index is -5.99. The maximum Gasteiger partial charge on any atom is 0.534 e. The number of aromatic nitrogens is 2. The molecule has 0 aromatic heterocycles. The second kappa shape index (κ2) is 44.9. The number of para-hydroxylation sites is 7. The largest absolute Gasteiger partial charge is 0.534 e. The van der Waals surface area contributed by atoms with Gasteiger partial charge in [0.25, 0.3) is 0 Å². The van der Waals surface area contributed by atoms with Gasteiger partial charge in [0.2, 0.25) is 0 Å². The molecule has 0 fully saturated rings. The van der Waals surface area contributed by atoms with E-state index in [1.165, 1.54) is 103 Å². The van der Waals surface area contributed by atoms with Gasteiger partial charge in [0, 0.05) is 116 Å². The Hall–Kier alpha value is -16.8. The third-order valence-corrected chi connectivity index (χ3v) is 27.9. The Morgan fingerprint density at radius 1 is 0.287 bits per heavy atom. The Kier molecular flexibility index (Phi) is 31.3. The van der Waals surface area contributed by atoms with E-state index in [-0.39, 0.29) is 15.6 Å². The molecule has 0 aliphatic carbocycles. The number of nitrogen functional groups attached to an aromatic ring is 1. The first-order valence-electron chi connectivity index (χ1n) is 45.6. The maximum atomic E-state index is 12.7. The summed E-state index contributed by atoms with van der Waals surface area (Å²) in [6, 6.07) is 137. The minimum absolute atomic E-state index is 0.0989. The Bertz CT molecular complexity index is 8970. The molecule has 23 rings (SSSR count). The topological polar surface area (TPSA) is 295 Å². The van der Waals surface area contributed by atoms with Gasteiger partial charge in [-0.25, -0.2) is 0 Å². The number of benzene rings is 21. The van der Waals surface area contributed by atoms with E-state index < -0.39 is 76.7 Å². The SMILES string of the molecule is Nc1ccccc1.O=S(=O)(Oc1ccc2cccc(Nc3ccccc3)c2c1)C(F)(F)F.O=S(=O)(Oc1ccc2cccc(Nc3ccccc3)c2c1B(O)O)C(F)(F)F.O=S(=O)(Oc1ccc2cccc(Nc3ccccc3)c2c1Br)C(F)(F)F.Oc1ccc2cccc(Br)c2c1.Oc1ccc2cccc(Nc3ccccc3)c2c1.c1ccc(-n2c3ccc4cccc5c4c3-c3c4c(cccc42)ccc3n5-c2ccccc2)cc1. The van der Waals surface area contributed by atoms with Crippen LogP contribution >= 0.6 is 31.9 Å². The third kappa shape index (κ3) is 23.7. The Morgan fingerprint density at radius 2 is 0.593 bits per heavy atom. The molecule has 0 unspecified atom stereocenters. The molecular formula is C115H83BBr2F9N7O13S3. The van der Waals surface area contributed by atoms with Crippen molar-refractivity contribution in [2.75, 3.05) is 27.0 Å². The predicted molar refractivity (Wildman–Crippen MR) is 588 cm³/mol. The lowest BCUT2D eigenvalue weighted by Crippen LogP contribution is -2.36. The van der Waals surface area contributed by atoms with Gasteiger partial charge in [-0.2, -0.15) is 64.8 Å². The first-order valence-corrected chi connectivity index (χ1v) is 51.4. The Morgan fingerprint density at radius 3 is 1.00 bits per heavy atom. The first kappa shape index (κ1) is 105. The van der Waals surface area contributed by atoms with E-state index in [1.807, 2.05) is 170 Å². The molecule has 21 aromatic rings. The number of anilines is 9. The van der Waals surface area contributed by atoms with Gasteiger partial charge < -0.3 is 68.9 Å². The van der Waals surface area contributed by atoms with Gasteiger partial charge in [-0.3, -0.25) is 0 Å². The van der Waals surface area contributed by atoms with Gasteiger partial charge >= 0.3 is 54.0 Å². The monoisotopic (exact) mass is 2210 g/mol. The van der Waals surface area contributed by atoms with Crippen molar-refractivity contribution in [3.63, 3.8) is 0 Å². The fourth-order valence-corrected chi connectivity index (χ4v) is 19.6. The van der Waals surface area contributed by atoms with Crippen LogP contribution in [-0.4, -0.2) is 78.3 Å². The number of nitrogens with two attached hydrogens (primary N) is 1. The summed E-state index contributed by atoms with van der Waals surface area (Å²) < 4.78 is 200. The van der Waals surface area contributed by atoms with Crippen molar-refractivity contribution in [3.8, 4) is 51.2 Å². The van der Waals surface area contributed by atoms with Gasteiger partial charge in [-0.1, -0.05) is 271 Å². The van der Waals surface area contributed by atoms with E-state index in [9.17, 15) is 85.0 Å². The van der Waals surface area contributed by atoms with Crippen molar-refractivity contribution < 1.29 is 97.6 Å². The summed E-state index contributed by atoms with van der Waals surface area (Å²) in [4.78, 5) is 0. The molecule has 0 atom stereocenters. The van der Waals surface area contributed by atoms with Gasteiger partial charge in [-0.05, 0) is 247 Å². The van der Waals surface area contributed by atoms with Crippen molar-refractivity contribution >= 4 is 223 Å². The number of aromatic hydroxyl groups is 2. The smallest absolute Gasteiger partial charge is 0.508 e. The van der Waals surface area contributed by atoms with Gasteiger partial charge in [0.15, 0.2) is 5.75 Å². The third-order valence-electron chi connectivity index (χ3n) is 23.5. The van der Waals surface area contributed by atoms with Crippen molar-refractivity contribution in [2.24, 2.45) is 0 Å². The molecule has 0 saturated heterocycles. The van der Waals surface area contributed by atoms with Crippen molar-refractivity contribution in [1.82, 2.24) is 9.13 Å². The average molecular weight is 2210 g/mol. The molecule has 2 heterocycles. The molecule has 0 saturated carbocycles. The molecule has 754 valence electrons. The Labute approximate surface area is 870 Å². The molecule has 2 aliphatic heterocycles.